The van der Waals surface area contributed by atoms with Crippen LogP contribution in [0.1, 0.15) is 13.3 Å². The van der Waals surface area contributed by atoms with Crippen LogP contribution >= 0.6 is 0 Å². The Morgan fingerprint density at radius 1 is 1.27 bits per heavy atom. The molecule has 0 spiro atoms. The van der Waals surface area contributed by atoms with Crippen molar-refractivity contribution in [3.8, 4) is 0 Å². The predicted molar refractivity (Wildman–Crippen MR) is 84.5 cm³/mol. The van der Waals surface area contributed by atoms with Crippen molar-refractivity contribution in [1.82, 2.24) is 9.55 Å². The van der Waals surface area contributed by atoms with Gasteiger partial charge in [0.1, 0.15) is 24.6 Å². The highest BCUT2D eigenvalue weighted by Gasteiger charge is 2.42. The van der Waals surface area contributed by atoms with Gasteiger partial charge in [0.05, 0.1) is 19.3 Å². The van der Waals surface area contributed by atoms with Gasteiger partial charge in [0.2, 0.25) is 0 Å². The molecule has 0 N–H and O–H groups in total. The molecule has 0 radical (unpaired) electrons. The summed E-state index contributed by atoms with van der Waals surface area (Å²) in [5.74, 6) is 0.692. The lowest BCUT2D eigenvalue weighted by atomic mass is 10.2. The SMILES string of the molecule is CC1CC(=NC(=O)[N+]2(c3ccccc3)CCOCC2)N(C)O1. The number of morpholine rings is 1. The maximum absolute atomic E-state index is 13.0. The molecule has 3 rings (SSSR count). The standard InChI is InChI=1S/C16H22N3O3/c1-13-12-15(18(2)22-13)17-16(20)19(8-10-21-11-9-19)14-6-4-3-5-7-14/h3-7,13H,8-12H2,1-2H3/q+1. The molecule has 0 saturated carbocycles. The number of hydrogen-bond acceptors (Lipinski definition) is 3. The number of carbonyl (C=O) groups is 1. The average Bonchev–Trinajstić information content (AvgIpc) is 2.86. The summed E-state index contributed by atoms with van der Waals surface area (Å²) >= 11 is 0. The fourth-order valence-electron chi connectivity index (χ4n) is 3.00. The van der Waals surface area contributed by atoms with Crippen molar-refractivity contribution < 1.29 is 14.4 Å². The van der Waals surface area contributed by atoms with E-state index in [0.717, 1.165) is 5.69 Å². The average molecular weight is 304 g/mol. The molecule has 2 aliphatic rings. The number of para-hydroxylation sites is 1. The van der Waals surface area contributed by atoms with Crippen LogP contribution in [0.15, 0.2) is 35.3 Å². The molecule has 1 aromatic carbocycles. The lowest BCUT2D eigenvalue weighted by molar-refractivity contribution is -0.0889. The second kappa shape index (κ2) is 6.16. The number of hydroxylamine groups is 2. The van der Waals surface area contributed by atoms with Crippen molar-refractivity contribution in [1.29, 1.82) is 0 Å². The molecule has 1 aromatic rings. The molecule has 6 nitrogen and oxygen atoms in total. The second-order valence-electron chi connectivity index (χ2n) is 5.79. The highest BCUT2D eigenvalue weighted by Crippen LogP contribution is 2.27. The number of rotatable bonds is 1. The largest absolute Gasteiger partial charge is 0.449 e. The second-order valence-corrected chi connectivity index (χ2v) is 5.79. The Labute approximate surface area is 130 Å². The van der Waals surface area contributed by atoms with E-state index in [-0.39, 0.29) is 16.6 Å². The van der Waals surface area contributed by atoms with Crippen LogP contribution in [0.2, 0.25) is 0 Å². The van der Waals surface area contributed by atoms with Gasteiger partial charge in [-0.3, -0.25) is 4.84 Å². The summed E-state index contributed by atoms with van der Waals surface area (Å²) in [5.41, 5.74) is 0.967. The van der Waals surface area contributed by atoms with Crippen LogP contribution in [0.5, 0.6) is 0 Å². The number of benzene rings is 1. The summed E-state index contributed by atoms with van der Waals surface area (Å²) in [5, 5.41) is 1.60. The van der Waals surface area contributed by atoms with Gasteiger partial charge in [-0.2, -0.15) is 0 Å². The molecule has 2 heterocycles. The third-order valence-corrected chi connectivity index (χ3v) is 4.25. The fraction of sp³-hybridized carbons (Fsp3) is 0.500. The van der Waals surface area contributed by atoms with Gasteiger partial charge in [0.25, 0.3) is 0 Å². The molecule has 2 aliphatic heterocycles. The molecule has 118 valence electrons. The van der Waals surface area contributed by atoms with Gasteiger partial charge in [0.15, 0.2) is 0 Å². The van der Waals surface area contributed by atoms with Crippen LogP contribution in [0.3, 0.4) is 0 Å². The van der Waals surface area contributed by atoms with Crippen molar-refractivity contribution in [3.63, 3.8) is 0 Å². The first-order valence-electron chi connectivity index (χ1n) is 7.65. The van der Waals surface area contributed by atoms with E-state index in [4.69, 9.17) is 9.57 Å². The van der Waals surface area contributed by atoms with E-state index in [1.165, 1.54) is 0 Å². The van der Waals surface area contributed by atoms with E-state index in [0.29, 0.717) is 38.6 Å². The van der Waals surface area contributed by atoms with Crippen molar-refractivity contribution in [2.75, 3.05) is 33.4 Å². The summed E-state index contributed by atoms with van der Waals surface area (Å²) in [6, 6.07) is 9.70. The fourth-order valence-corrected chi connectivity index (χ4v) is 3.00. The molecule has 2 amide bonds. The Morgan fingerprint density at radius 2 is 1.95 bits per heavy atom. The maximum Gasteiger partial charge on any atom is 0.449 e. The van der Waals surface area contributed by atoms with Gasteiger partial charge in [-0.25, -0.2) is 14.3 Å². The molecule has 0 aliphatic carbocycles. The molecule has 1 unspecified atom stereocenters. The van der Waals surface area contributed by atoms with Crippen molar-refractivity contribution in [3.05, 3.63) is 30.3 Å². The van der Waals surface area contributed by atoms with Crippen LogP contribution in [0.4, 0.5) is 10.5 Å². The van der Waals surface area contributed by atoms with E-state index in [1.807, 2.05) is 37.3 Å². The summed E-state index contributed by atoms with van der Waals surface area (Å²) < 4.78 is 5.67. The van der Waals surface area contributed by atoms with Crippen molar-refractivity contribution in [2.45, 2.75) is 19.4 Å². The van der Waals surface area contributed by atoms with Crippen molar-refractivity contribution >= 4 is 17.6 Å². The van der Waals surface area contributed by atoms with E-state index in [1.54, 1.807) is 12.1 Å². The summed E-state index contributed by atoms with van der Waals surface area (Å²) in [4.78, 5) is 22.9. The lowest BCUT2D eigenvalue weighted by Crippen LogP contribution is -2.59. The Morgan fingerprint density at radius 3 is 2.55 bits per heavy atom. The van der Waals surface area contributed by atoms with Crippen LogP contribution < -0.4 is 4.48 Å². The zero-order chi connectivity index (χ0) is 15.6. The highest BCUT2D eigenvalue weighted by molar-refractivity contribution is 5.98. The molecular formula is C16H22N3O3+. The first kappa shape index (κ1) is 15.1. The number of amides is 2. The summed E-state index contributed by atoms with van der Waals surface area (Å²) in [6.07, 6.45) is 0.722. The van der Waals surface area contributed by atoms with Crippen LogP contribution in [-0.2, 0) is 9.57 Å². The molecule has 0 aromatic heterocycles. The Hall–Kier alpha value is -1.76. The van der Waals surface area contributed by atoms with E-state index >= 15 is 0 Å². The first-order chi connectivity index (χ1) is 10.6. The van der Waals surface area contributed by atoms with E-state index < -0.39 is 0 Å². The number of hydrogen-bond donors (Lipinski definition) is 0. The minimum Gasteiger partial charge on any atom is -0.370 e. The molecule has 22 heavy (non-hydrogen) atoms. The topological polar surface area (TPSA) is 51.1 Å². The number of urea groups is 1. The monoisotopic (exact) mass is 304 g/mol. The highest BCUT2D eigenvalue weighted by atomic mass is 16.7. The number of amidine groups is 1. The summed E-state index contributed by atoms with van der Waals surface area (Å²) in [6.45, 7) is 4.32. The molecule has 2 fully saturated rings. The van der Waals surface area contributed by atoms with Crippen molar-refractivity contribution in [2.24, 2.45) is 4.99 Å². The van der Waals surface area contributed by atoms with Gasteiger partial charge in [-0.15, -0.1) is 4.99 Å². The Bertz CT molecular complexity index is 567. The van der Waals surface area contributed by atoms with E-state index in [2.05, 4.69) is 4.99 Å². The maximum atomic E-state index is 13.0. The van der Waals surface area contributed by atoms with E-state index in [9.17, 15) is 4.79 Å². The molecule has 2 saturated heterocycles. The minimum absolute atomic E-state index is 0.0615. The van der Waals surface area contributed by atoms with Crippen LogP contribution in [0.25, 0.3) is 0 Å². The first-order valence-corrected chi connectivity index (χ1v) is 7.65. The normalized spacial score (nSPS) is 26.4. The Kier molecular flexibility index (Phi) is 4.24. The number of aliphatic imine (C=N–C) groups is 1. The molecule has 1 atom stereocenters. The van der Waals surface area contributed by atoms with Crippen LogP contribution in [0, 0.1) is 0 Å². The number of carbonyl (C=O) groups excluding carboxylic acids is 1. The number of quaternary nitrogens is 1. The molecular weight excluding hydrogens is 282 g/mol. The molecule has 6 heteroatoms. The van der Waals surface area contributed by atoms with Gasteiger partial charge in [-0.05, 0) is 19.1 Å². The zero-order valence-corrected chi connectivity index (χ0v) is 13.1. The third-order valence-electron chi connectivity index (χ3n) is 4.25. The van der Waals surface area contributed by atoms with Gasteiger partial charge >= 0.3 is 6.03 Å². The molecule has 0 bridgehead atoms. The number of ether oxygens (including phenoxy) is 1. The summed E-state index contributed by atoms with van der Waals surface area (Å²) in [7, 11) is 1.79. The third kappa shape index (κ3) is 2.77. The minimum atomic E-state index is -0.144. The smallest absolute Gasteiger partial charge is 0.370 e. The van der Waals surface area contributed by atoms with Gasteiger partial charge in [-0.1, -0.05) is 18.2 Å². The van der Waals surface area contributed by atoms with Gasteiger partial charge < -0.3 is 4.74 Å². The lowest BCUT2D eigenvalue weighted by Gasteiger charge is -2.36. The Balaban J connectivity index is 1.93. The zero-order valence-electron chi connectivity index (χ0n) is 13.1. The predicted octanol–water partition coefficient (Wildman–Crippen LogP) is 2.20. The quantitative estimate of drug-likeness (QED) is 0.746. The van der Waals surface area contributed by atoms with Crippen LogP contribution in [-0.4, -0.2) is 56.4 Å². The number of nitrogens with zero attached hydrogens (tertiary/aromatic N) is 3. The van der Waals surface area contributed by atoms with Gasteiger partial charge in [0, 0.05) is 13.5 Å².